The summed E-state index contributed by atoms with van der Waals surface area (Å²) in [5.74, 6) is -0.522. The SMILES string of the molecule is CCc1ccccc1N(CC(=O)N/N=C\c1sccc1C)S(=O)(=O)c1ccccc1. The van der Waals surface area contributed by atoms with Crippen LogP contribution in [0.4, 0.5) is 5.69 Å². The first-order chi connectivity index (χ1) is 14.4. The number of para-hydroxylation sites is 1. The lowest BCUT2D eigenvalue weighted by Gasteiger charge is -2.25. The number of carbonyl (C=O) groups is 1. The van der Waals surface area contributed by atoms with Crippen LogP contribution in [0.25, 0.3) is 0 Å². The van der Waals surface area contributed by atoms with E-state index in [-0.39, 0.29) is 11.4 Å². The van der Waals surface area contributed by atoms with E-state index < -0.39 is 15.9 Å². The van der Waals surface area contributed by atoms with Gasteiger partial charge in [0.15, 0.2) is 0 Å². The van der Waals surface area contributed by atoms with Gasteiger partial charge in [-0.2, -0.15) is 5.10 Å². The van der Waals surface area contributed by atoms with E-state index in [2.05, 4.69) is 10.5 Å². The third-order valence-electron chi connectivity index (χ3n) is 4.53. The highest BCUT2D eigenvalue weighted by Crippen LogP contribution is 2.27. The third kappa shape index (κ3) is 4.95. The maximum absolute atomic E-state index is 13.4. The fraction of sp³-hybridized carbons (Fsp3) is 0.182. The van der Waals surface area contributed by atoms with Gasteiger partial charge in [0.2, 0.25) is 0 Å². The Kier molecular flexibility index (Phi) is 7.02. The number of hydrogen-bond acceptors (Lipinski definition) is 5. The van der Waals surface area contributed by atoms with Crippen molar-refractivity contribution >= 4 is 39.2 Å². The van der Waals surface area contributed by atoms with E-state index in [0.29, 0.717) is 12.1 Å². The van der Waals surface area contributed by atoms with Gasteiger partial charge in [0, 0.05) is 4.88 Å². The number of aryl methyl sites for hydroxylation is 2. The molecular weight excluding hydrogens is 418 g/mol. The average Bonchev–Trinajstić information content (AvgIpc) is 3.17. The summed E-state index contributed by atoms with van der Waals surface area (Å²) in [6.07, 6.45) is 2.20. The van der Waals surface area contributed by atoms with E-state index in [0.717, 1.165) is 20.3 Å². The molecule has 2 aromatic carbocycles. The van der Waals surface area contributed by atoms with Gasteiger partial charge in [0.25, 0.3) is 15.9 Å². The van der Waals surface area contributed by atoms with Crippen molar-refractivity contribution in [2.45, 2.75) is 25.2 Å². The van der Waals surface area contributed by atoms with Crippen molar-refractivity contribution in [1.29, 1.82) is 0 Å². The average molecular weight is 442 g/mol. The highest BCUT2D eigenvalue weighted by molar-refractivity contribution is 7.92. The molecule has 1 heterocycles. The number of nitrogens with one attached hydrogen (secondary N) is 1. The van der Waals surface area contributed by atoms with Crippen molar-refractivity contribution in [1.82, 2.24) is 5.43 Å². The summed E-state index contributed by atoms with van der Waals surface area (Å²) in [6.45, 7) is 3.52. The number of sulfonamides is 1. The molecule has 0 atom stereocenters. The number of anilines is 1. The Morgan fingerprint density at radius 2 is 1.80 bits per heavy atom. The monoisotopic (exact) mass is 441 g/mol. The topological polar surface area (TPSA) is 78.8 Å². The molecule has 8 heteroatoms. The minimum absolute atomic E-state index is 0.126. The number of benzene rings is 2. The van der Waals surface area contributed by atoms with Gasteiger partial charge in [0.05, 0.1) is 16.8 Å². The Balaban J connectivity index is 1.89. The summed E-state index contributed by atoms with van der Waals surface area (Å²) in [4.78, 5) is 13.6. The van der Waals surface area contributed by atoms with Crippen LogP contribution in [0, 0.1) is 6.92 Å². The largest absolute Gasteiger partial charge is 0.271 e. The standard InChI is InChI=1S/C22H23N3O3S2/c1-3-18-9-7-8-12-20(18)25(30(27,28)19-10-5-4-6-11-19)16-22(26)24-23-15-21-17(2)13-14-29-21/h4-15H,3,16H2,1-2H3,(H,24,26)/b23-15-. The van der Waals surface area contributed by atoms with Crippen LogP contribution in [0.1, 0.15) is 22.9 Å². The van der Waals surface area contributed by atoms with Gasteiger partial charge >= 0.3 is 0 Å². The Morgan fingerprint density at radius 3 is 2.47 bits per heavy atom. The van der Waals surface area contributed by atoms with E-state index >= 15 is 0 Å². The lowest BCUT2D eigenvalue weighted by molar-refractivity contribution is -0.119. The molecule has 0 spiro atoms. The molecule has 3 aromatic rings. The van der Waals surface area contributed by atoms with Crippen LogP contribution in [-0.2, 0) is 21.2 Å². The predicted octanol–water partition coefficient (Wildman–Crippen LogP) is 3.96. The molecule has 0 aliphatic rings. The van der Waals surface area contributed by atoms with Crippen molar-refractivity contribution in [3.63, 3.8) is 0 Å². The van der Waals surface area contributed by atoms with E-state index in [1.807, 2.05) is 37.4 Å². The second-order valence-corrected chi connectivity index (χ2v) is 9.38. The molecule has 0 unspecified atom stereocenters. The Hall–Kier alpha value is -2.97. The molecule has 1 N–H and O–H groups in total. The van der Waals surface area contributed by atoms with Crippen LogP contribution in [0.3, 0.4) is 0 Å². The van der Waals surface area contributed by atoms with Gasteiger partial charge in [-0.05, 0) is 54.1 Å². The van der Waals surface area contributed by atoms with Crippen LogP contribution in [-0.4, -0.2) is 27.1 Å². The van der Waals surface area contributed by atoms with Crippen LogP contribution >= 0.6 is 11.3 Å². The van der Waals surface area contributed by atoms with Crippen molar-refractivity contribution in [2.75, 3.05) is 10.8 Å². The molecule has 0 bridgehead atoms. The normalized spacial score (nSPS) is 11.5. The second kappa shape index (κ2) is 9.69. The van der Waals surface area contributed by atoms with Gasteiger partial charge < -0.3 is 0 Å². The molecule has 0 saturated heterocycles. The first-order valence-corrected chi connectivity index (χ1v) is 11.8. The Morgan fingerprint density at radius 1 is 1.10 bits per heavy atom. The molecule has 1 amide bonds. The molecule has 0 saturated carbocycles. The zero-order chi connectivity index (χ0) is 21.6. The molecule has 156 valence electrons. The van der Waals surface area contributed by atoms with Crippen molar-refractivity contribution in [2.24, 2.45) is 5.10 Å². The maximum atomic E-state index is 13.4. The van der Waals surface area contributed by atoms with Gasteiger partial charge in [-0.1, -0.05) is 43.3 Å². The van der Waals surface area contributed by atoms with Gasteiger partial charge in [0.1, 0.15) is 6.54 Å². The molecule has 6 nitrogen and oxygen atoms in total. The zero-order valence-corrected chi connectivity index (χ0v) is 18.4. The number of carbonyl (C=O) groups excluding carboxylic acids is 1. The van der Waals surface area contributed by atoms with Gasteiger partial charge in [-0.3, -0.25) is 9.10 Å². The highest BCUT2D eigenvalue weighted by Gasteiger charge is 2.28. The number of thiophene rings is 1. The minimum Gasteiger partial charge on any atom is -0.271 e. The molecule has 0 fully saturated rings. The number of hydrazone groups is 1. The number of hydrogen-bond donors (Lipinski definition) is 1. The lowest BCUT2D eigenvalue weighted by Crippen LogP contribution is -2.40. The first-order valence-electron chi connectivity index (χ1n) is 9.45. The van der Waals surface area contributed by atoms with Crippen molar-refractivity contribution in [3.05, 3.63) is 82.0 Å². The number of amides is 1. The lowest BCUT2D eigenvalue weighted by atomic mass is 10.1. The fourth-order valence-electron chi connectivity index (χ4n) is 2.92. The summed E-state index contributed by atoms with van der Waals surface area (Å²) in [5.41, 5.74) is 4.82. The second-order valence-electron chi connectivity index (χ2n) is 6.57. The summed E-state index contributed by atoms with van der Waals surface area (Å²) < 4.78 is 27.8. The van der Waals surface area contributed by atoms with E-state index in [1.165, 1.54) is 23.5 Å². The van der Waals surface area contributed by atoms with E-state index in [4.69, 9.17) is 0 Å². The van der Waals surface area contributed by atoms with Crippen LogP contribution in [0.5, 0.6) is 0 Å². The third-order valence-corrected chi connectivity index (χ3v) is 7.26. The molecule has 0 aliphatic carbocycles. The molecular formula is C22H23N3O3S2. The Labute approximate surface area is 180 Å². The Bertz CT molecular complexity index is 1140. The predicted molar refractivity (Wildman–Crippen MR) is 122 cm³/mol. The molecule has 0 radical (unpaired) electrons. The minimum atomic E-state index is -3.93. The fourth-order valence-corrected chi connectivity index (χ4v) is 5.18. The van der Waals surface area contributed by atoms with Crippen LogP contribution < -0.4 is 9.73 Å². The van der Waals surface area contributed by atoms with E-state index in [1.54, 1.807) is 36.5 Å². The quantitative estimate of drug-likeness (QED) is 0.424. The molecule has 1 aromatic heterocycles. The van der Waals surface area contributed by atoms with Crippen molar-refractivity contribution in [3.8, 4) is 0 Å². The number of rotatable bonds is 8. The first kappa shape index (κ1) is 21.7. The maximum Gasteiger partial charge on any atom is 0.264 e. The molecule has 30 heavy (non-hydrogen) atoms. The number of nitrogens with zero attached hydrogens (tertiary/aromatic N) is 2. The molecule has 3 rings (SSSR count). The van der Waals surface area contributed by atoms with Crippen LogP contribution in [0.2, 0.25) is 0 Å². The summed E-state index contributed by atoms with van der Waals surface area (Å²) in [6, 6.07) is 17.2. The zero-order valence-electron chi connectivity index (χ0n) is 16.8. The van der Waals surface area contributed by atoms with E-state index in [9.17, 15) is 13.2 Å². The van der Waals surface area contributed by atoms with Gasteiger partial charge in [-0.15, -0.1) is 11.3 Å². The molecule has 0 aliphatic heterocycles. The summed E-state index contributed by atoms with van der Waals surface area (Å²) in [5, 5.41) is 5.92. The van der Waals surface area contributed by atoms with Gasteiger partial charge in [-0.25, -0.2) is 13.8 Å². The highest BCUT2D eigenvalue weighted by atomic mass is 32.2. The smallest absolute Gasteiger partial charge is 0.264 e. The summed E-state index contributed by atoms with van der Waals surface area (Å²) in [7, 11) is -3.93. The van der Waals surface area contributed by atoms with Crippen molar-refractivity contribution < 1.29 is 13.2 Å². The summed E-state index contributed by atoms with van der Waals surface area (Å²) >= 11 is 1.51. The van der Waals surface area contributed by atoms with Crippen LogP contribution in [0.15, 0.2) is 76.0 Å².